The highest BCUT2D eigenvalue weighted by molar-refractivity contribution is 4.81. The lowest BCUT2D eigenvalue weighted by molar-refractivity contribution is 0.0904. The van der Waals surface area contributed by atoms with E-state index in [9.17, 15) is 8.78 Å². The first-order valence-corrected chi connectivity index (χ1v) is 6.19. The largest absolute Gasteiger partial charge is 0.306 e. The molecule has 0 heterocycles. The van der Waals surface area contributed by atoms with Gasteiger partial charge in [0.2, 0.25) is 0 Å². The average molecular weight is 219 g/mol. The van der Waals surface area contributed by atoms with E-state index in [1.807, 2.05) is 0 Å². The van der Waals surface area contributed by atoms with Crippen LogP contribution in [0, 0.1) is 5.92 Å². The van der Waals surface area contributed by atoms with Crippen LogP contribution in [0.4, 0.5) is 8.78 Å². The van der Waals surface area contributed by atoms with Crippen LogP contribution < -0.4 is 5.32 Å². The van der Waals surface area contributed by atoms with Gasteiger partial charge in [0.05, 0.1) is 6.04 Å². The SMILES string of the molecule is CCC(NC(C)C(F)F)C1CCCCC1. The fraction of sp³-hybridized carbons (Fsp3) is 1.00. The Kier molecular flexibility index (Phi) is 5.51. The molecule has 0 aliphatic heterocycles. The summed E-state index contributed by atoms with van der Waals surface area (Å²) in [7, 11) is 0. The van der Waals surface area contributed by atoms with E-state index >= 15 is 0 Å². The van der Waals surface area contributed by atoms with Gasteiger partial charge in [-0.25, -0.2) is 8.78 Å². The maximum atomic E-state index is 12.4. The normalized spacial score (nSPS) is 23.0. The molecule has 3 heteroatoms. The second-order valence-corrected chi connectivity index (χ2v) is 4.70. The minimum absolute atomic E-state index is 0.286. The number of hydrogen-bond donors (Lipinski definition) is 1. The Morgan fingerprint density at radius 2 is 1.80 bits per heavy atom. The lowest BCUT2D eigenvalue weighted by atomic mass is 9.82. The highest BCUT2D eigenvalue weighted by Crippen LogP contribution is 2.28. The van der Waals surface area contributed by atoms with Crippen molar-refractivity contribution in [2.24, 2.45) is 5.92 Å². The van der Waals surface area contributed by atoms with Gasteiger partial charge in [0.15, 0.2) is 0 Å². The minimum atomic E-state index is -2.25. The smallest absolute Gasteiger partial charge is 0.253 e. The van der Waals surface area contributed by atoms with Gasteiger partial charge in [-0.1, -0.05) is 26.2 Å². The summed E-state index contributed by atoms with van der Waals surface area (Å²) in [6.45, 7) is 3.67. The van der Waals surface area contributed by atoms with Crippen molar-refractivity contribution in [3.05, 3.63) is 0 Å². The molecule has 2 unspecified atom stereocenters. The van der Waals surface area contributed by atoms with Crippen LogP contribution >= 0.6 is 0 Å². The fourth-order valence-electron chi connectivity index (χ4n) is 2.53. The van der Waals surface area contributed by atoms with Gasteiger partial charge in [-0.3, -0.25) is 0 Å². The van der Waals surface area contributed by atoms with E-state index in [-0.39, 0.29) is 6.04 Å². The Hall–Kier alpha value is -0.180. The van der Waals surface area contributed by atoms with Crippen molar-refractivity contribution in [2.75, 3.05) is 0 Å². The molecule has 0 bridgehead atoms. The molecule has 90 valence electrons. The van der Waals surface area contributed by atoms with Gasteiger partial charge in [0.1, 0.15) is 0 Å². The Bertz CT molecular complexity index is 167. The summed E-state index contributed by atoms with van der Waals surface area (Å²) in [4.78, 5) is 0. The molecule has 1 rings (SSSR count). The third-order valence-electron chi connectivity index (χ3n) is 3.51. The van der Waals surface area contributed by atoms with E-state index in [1.165, 1.54) is 32.1 Å². The molecule has 0 spiro atoms. The number of hydrogen-bond acceptors (Lipinski definition) is 1. The van der Waals surface area contributed by atoms with Crippen LogP contribution in [0.3, 0.4) is 0 Å². The third kappa shape index (κ3) is 4.06. The zero-order valence-electron chi connectivity index (χ0n) is 9.81. The van der Waals surface area contributed by atoms with Crippen LogP contribution in [0.1, 0.15) is 52.4 Å². The predicted octanol–water partition coefficient (Wildman–Crippen LogP) is 3.59. The summed E-state index contributed by atoms with van der Waals surface area (Å²) in [5.41, 5.74) is 0. The van der Waals surface area contributed by atoms with Crippen molar-refractivity contribution < 1.29 is 8.78 Å². The zero-order valence-corrected chi connectivity index (χ0v) is 9.81. The van der Waals surface area contributed by atoms with Crippen LogP contribution in [0.5, 0.6) is 0 Å². The molecule has 0 aromatic heterocycles. The van der Waals surface area contributed by atoms with Crippen LogP contribution in [-0.2, 0) is 0 Å². The maximum Gasteiger partial charge on any atom is 0.253 e. The van der Waals surface area contributed by atoms with E-state index in [4.69, 9.17) is 0 Å². The second-order valence-electron chi connectivity index (χ2n) is 4.70. The standard InChI is InChI=1S/C12H23F2N/c1-3-11(15-9(2)12(13)14)10-7-5-4-6-8-10/h9-12,15H,3-8H2,1-2H3. The average Bonchev–Trinajstić information content (AvgIpc) is 2.26. The van der Waals surface area contributed by atoms with Gasteiger partial charge in [-0.05, 0) is 32.1 Å². The van der Waals surface area contributed by atoms with E-state index < -0.39 is 12.5 Å². The van der Waals surface area contributed by atoms with E-state index in [1.54, 1.807) is 6.92 Å². The van der Waals surface area contributed by atoms with Gasteiger partial charge in [-0.15, -0.1) is 0 Å². The number of alkyl halides is 2. The third-order valence-corrected chi connectivity index (χ3v) is 3.51. The molecule has 2 atom stereocenters. The molecular weight excluding hydrogens is 196 g/mol. The monoisotopic (exact) mass is 219 g/mol. The molecule has 1 saturated carbocycles. The van der Waals surface area contributed by atoms with Gasteiger partial charge in [-0.2, -0.15) is 0 Å². The molecule has 15 heavy (non-hydrogen) atoms. The Morgan fingerprint density at radius 3 is 2.27 bits per heavy atom. The summed E-state index contributed by atoms with van der Waals surface area (Å²) < 4.78 is 24.9. The predicted molar refractivity (Wildman–Crippen MR) is 59.3 cm³/mol. The summed E-state index contributed by atoms with van der Waals surface area (Å²) in [6, 6.07) is -0.383. The fourth-order valence-corrected chi connectivity index (χ4v) is 2.53. The highest BCUT2D eigenvalue weighted by Gasteiger charge is 2.25. The molecule has 1 aliphatic carbocycles. The van der Waals surface area contributed by atoms with Crippen LogP contribution in [0.2, 0.25) is 0 Å². The van der Waals surface area contributed by atoms with Crippen molar-refractivity contribution >= 4 is 0 Å². The summed E-state index contributed by atoms with van der Waals surface area (Å²) in [6.07, 6.45) is 4.99. The van der Waals surface area contributed by atoms with Crippen LogP contribution in [0.15, 0.2) is 0 Å². The summed E-state index contributed by atoms with van der Waals surface area (Å²) in [5, 5.41) is 3.09. The lowest BCUT2D eigenvalue weighted by Crippen LogP contribution is -2.44. The van der Waals surface area contributed by atoms with Crippen molar-refractivity contribution in [1.82, 2.24) is 5.32 Å². The van der Waals surface area contributed by atoms with Crippen LogP contribution in [-0.4, -0.2) is 18.5 Å². The van der Waals surface area contributed by atoms with Crippen molar-refractivity contribution in [3.63, 3.8) is 0 Å². The molecule has 0 saturated heterocycles. The van der Waals surface area contributed by atoms with Crippen molar-refractivity contribution in [2.45, 2.75) is 70.9 Å². The quantitative estimate of drug-likeness (QED) is 0.745. The minimum Gasteiger partial charge on any atom is -0.306 e. The van der Waals surface area contributed by atoms with Crippen molar-refractivity contribution in [1.29, 1.82) is 0 Å². The molecule has 1 nitrogen and oxygen atoms in total. The molecule has 0 radical (unpaired) electrons. The molecular formula is C12H23F2N. The number of nitrogens with one attached hydrogen (secondary N) is 1. The van der Waals surface area contributed by atoms with Gasteiger partial charge < -0.3 is 5.32 Å². The lowest BCUT2D eigenvalue weighted by Gasteiger charge is -2.32. The van der Waals surface area contributed by atoms with Gasteiger partial charge in [0, 0.05) is 6.04 Å². The Labute approximate surface area is 91.6 Å². The number of rotatable bonds is 5. The maximum absolute atomic E-state index is 12.4. The Balaban J connectivity index is 2.39. The Morgan fingerprint density at radius 1 is 1.20 bits per heavy atom. The number of halogens is 2. The molecule has 0 aromatic rings. The molecule has 1 aliphatic rings. The summed E-state index contributed by atoms with van der Waals surface area (Å²) in [5.74, 6) is 0.616. The molecule has 1 N–H and O–H groups in total. The van der Waals surface area contributed by atoms with Gasteiger partial charge in [0.25, 0.3) is 6.43 Å². The van der Waals surface area contributed by atoms with E-state index in [2.05, 4.69) is 12.2 Å². The second kappa shape index (κ2) is 6.41. The first kappa shape index (κ1) is 12.9. The first-order chi connectivity index (χ1) is 7.15. The first-order valence-electron chi connectivity index (χ1n) is 6.19. The van der Waals surface area contributed by atoms with Gasteiger partial charge >= 0.3 is 0 Å². The molecule has 0 aromatic carbocycles. The van der Waals surface area contributed by atoms with E-state index in [0.29, 0.717) is 5.92 Å². The molecule has 1 fully saturated rings. The van der Waals surface area contributed by atoms with Crippen LogP contribution in [0.25, 0.3) is 0 Å². The zero-order chi connectivity index (χ0) is 11.3. The van der Waals surface area contributed by atoms with E-state index in [0.717, 1.165) is 6.42 Å². The summed E-state index contributed by atoms with van der Waals surface area (Å²) >= 11 is 0. The molecule has 0 amide bonds. The van der Waals surface area contributed by atoms with Crippen molar-refractivity contribution in [3.8, 4) is 0 Å². The topological polar surface area (TPSA) is 12.0 Å². The highest BCUT2D eigenvalue weighted by atomic mass is 19.3.